The molecule has 8 nitrogen and oxygen atoms in total. The zero-order valence-corrected chi connectivity index (χ0v) is 17.3. The monoisotopic (exact) mass is 434 g/mol. The summed E-state index contributed by atoms with van der Waals surface area (Å²) in [7, 11) is 0. The van der Waals surface area contributed by atoms with Crippen LogP contribution < -0.4 is 11.5 Å². The molecule has 0 aromatic rings. The molecular weight excluding hydrogens is 399 g/mol. The molecule has 2 rings (SSSR count). The summed E-state index contributed by atoms with van der Waals surface area (Å²) in [6.07, 6.45) is 7.24. The summed E-state index contributed by atoms with van der Waals surface area (Å²) in [4.78, 5) is 21.0. The highest BCUT2D eigenvalue weighted by Crippen LogP contribution is 2.28. The van der Waals surface area contributed by atoms with Crippen LogP contribution in [0.5, 0.6) is 0 Å². The van der Waals surface area contributed by atoms with Gasteiger partial charge in [0.1, 0.15) is 6.79 Å². The van der Waals surface area contributed by atoms with Crippen LogP contribution in [0.25, 0.3) is 0 Å². The van der Waals surface area contributed by atoms with Crippen LogP contribution in [-0.2, 0) is 9.59 Å². The van der Waals surface area contributed by atoms with Gasteiger partial charge in [-0.05, 0) is 76.3 Å². The maximum atomic E-state index is 10.5. The molecule has 0 aliphatic heterocycles. The third-order valence-electron chi connectivity index (χ3n) is 5.06. The van der Waals surface area contributed by atoms with Crippen LogP contribution in [0, 0.1) is 23.7 Å². The van der Waals surface area contributed by atoms with Crippen molar-refractivity contribution in [2.45, 2.75) is 51.4 Å². The molecule has 0 spiro atoms. The molecule has 0 bridgehead atoms. The summed E-state index contributed by atoms with van der Waals surface area (Å²) in [6.45, 7) is 0.679. The molecule has 27 heavy (non-hydrogen) atoms. The first-order valence-corrected chi connectivity index (χ1v) is 8.96. The van der Waals surface area contributed by atoms with E-state index in [1.807, 2.05) is 0 Å². The molecule has 0 unspecified atom stereocenters. The Hall–Kier alpha value is -0.640. The number of aliphatic carboxylic acids is 2. The number of nitrogens with two attached hydrogens (primary N) is 2. The van der Waals surface area contributed by atoms with E-state index < -0.39 is 18.7 Å². The Morgan fingerprint density at radius 1 is 0.667 bits per heavy atom. The highest BCUT2D eigenvalue weighted by atomic mass is 35.5. The number of carbonyl (C=O) groups is 2. The molecule has 2 aliphatic carbocycles. The first-order chi connectivity index (χ1) is 11.9. The average Bonchev–Trinajstić information content (AvgIpc) is 2.63. The fraction of sp³-hybridized carbons (Fsp3) is 0.882. The summed E-state index contributed by atoms with van der Waals surface area (Å²) < 4.78 is 0. The van der Waals surface area contributed by atoms with Crippen molar-refractivity contribution in [1.82, 2.24) is 0 Å². The first kappa shape index (κ1) is 31.1. The second-order valence-corrected chi connectivity index (χ2v) is 6.72. The molecule has 8 N–H and O–H groups in total. The van der Waals surface area contributed by atoms with Crippen LogP contribution in [0.1, 0.15) is 51.4 Å². The first-order valence-electron chi connectivity index (χ1n) is 8.96. The molecule has 0 aromatic heterocycles. The van der Waals surface area contributed by atoms with Gasteiger partial charge in [0.15, 0.2) is 0 Å². The Morgan fingerprint density at radius 2 is 0.889 bits per heavy atom. The third-order valence-corrected chi connectivity index (χ3v) is 5.06. The minimum absolute atomic E-state index is 0. The zero-order chi connectivity index (χ0) is 19.2. The molecule has 0 heterocycles. The minimum atomic E-state index is -0.750. The van der Waals surface area contributed by atoms with Crippen LogP contribution in [0.2, 0.25) is 0 Å². The van der Waals surface area contributed by atoms with Crippen molar-refractivity contribution in [3.8, 4) is 0 Å². The van der Waals surface area contributed by atoms with Gasteiger partial charge < -0.3 is 31.9 Å². The molecule has 2 saturated carbocycles. The van der Waals surface area contributed by atoms with Gasteiger partial charge in [-0.25, -0.2) is 0 Å². The highest BCUT2D eigenvalue weighted by molar-refractivity contribution is 5.85. The Bertz CT molecular complexity index is 340. The fourth-order valence-corrected chi connectivity index (χ4v) is 3.29. The third kappa shape index (κ3) is 14.1. The van der Waals surface area contributed by atoms with Gasteiger partial charge in [-0.2, -0.15) is 0 Å². The summed E-state index contributed by atoms with van der Waals surface area (Å²) >= 11 is 0. The number of aliphatic hydroxyl groups excluding tert-OH is 1. The highest BCUT2D eigenvalue weighted by Gasteiger charge is 2.25. The van der Waals surface area contributed by atoms with Crippen molar-refractivity contribution in [2.75, 3.05) is 19.9 Å². The van der Waals surface area contributed by atoms with Gasteiger partial charge in [0, 0.05) is 0 Å². The molecule has 164 valence electrons. The lowest BCUT2D eigenvalue weighted by Gasteiger charge is -2.24. The SMILES string of the molecule is Cl.Cl.NCC1CCC(C(=O)O)CC1.NCC1CCC(C(=O)O)CC1.OCO. The van der Waals surface area contributed by atoms with Crippen molar-refractivity contribution in [3.05, 3.63) is 0 Å². The molecule has 0 atom stereocenters. The van der Waals surface area contributed by atoms with Gasteiger partial charge in [0.05, 0.1) is 11.8 Å². The van der Waals surface area contributed by atoms with Gasteiger partial charge in [-0.1, -0.05) is 0 Å². The minimum Gasteiger partial charge on any atom is -0.481 e. The Labute approximate surface area is 173 Å². The van der Waals surface area contributed by atoms with E-state index in [4.69, 9.17) is 31.9 Å². The van der Waals surface area contributed by atoms with Gasteiger partial charge in [0.2, 0.25) is 0 Å². The normalized spacial score (nSPS) is 26.5. The number of aliphatic hydroxyl groups is 2. The molecule has 10 heteroatoms. The van der Waals surface area contributed by atoms with Gasteiger partial charge >= 0.3 is 11.9 Å². The van der Waals surface area contributed by atoms with Gasteiger partial charge in [-0.3, -0.25) is 9.59 Å². The maximum absolute atomic E-state index is 10.5. The molecule has 0 aromatic carbocycles. The molecule has 2 aliphatic rings. The van der Waals surface area contributed by atoms with Crippen molar-refractivity contribution in [3.63, 3.8) is 0 Å². The fourth-order valence-electron chi connectivity index (χ4n) is 3.29. The lowest BCUT2D eigenvalue weighted by molar-refractivity contribution is -0.144. The van der Waals surface area contributed by atoms with Crippen LogP contribution >= 0.6 is 24.8 Å². The zero-order valence-electron chi connectivity index (χ0n) is 15.7. The predicted octanol–water partition coefficient (Wildman–Crippen LogP) is 1.44. The van der Waals surface area contributed by atoms with Crippen molar-refractivity contribution in [2.24, 2.45) is 35.1 Å². The Morgan fingerprint density at radius 3 is 1.04 bits per heavy atom. The van der Waals surface area contributed by atoms with Crippen LogP contribution in [-0.4, -0.2) is 52.2 Å². The van der Waals surface area contributed by atoms with E-state index in [1.165, 1.54) is 0 Å². The van der Waals surface area contributed by atoms with Crippen molar-refractivity contribution >= 4 is 36.8 Å². The quantitative estimate of drug-likeness (QED) is 0.361. The standard InChI is InChI=1S/2C8H15NO2.CH4O2.2ClH/c2*9-5-6-1-3-7(4-2-6)8(10)11;2-1-3;;/h2*6-7H,1-5,9H2,(H,10,11);2-3H,1H2;2*1H. The van der Waals surface area contributed by atoms with Crippen LogP contribution in [0.3, 0.4) is 0 Å². The number of carboxylic acid groups (broad SMARTS) is 2. The summed E-state index contributed by atoms with van der Waals surface area (Å²) in [5.41, 5.74) is 11.0. The lowest BCUT2D eigenvalue weighted by atomic mass is 9.82. The van der Waals surface area contributed by atoms with E-state index in [9.17, 15) is 9.59 Å². The number of hydrogen-bond donors (Lipinski definition) is 6. The van der Waals surface area contributed by atoms with Crippen LogP contribution in [0.4, 0.5) is 0 Å². The number of carboxylic acids is 2. The summed E-state index contributed by atoms with van der Waals surface area (Å²) in [5, 5.41) is 31.6. The Kier molecular flexibility index (Phi) is 21.5. The predicted molar refractivity (Wildman–Crippen MR) is 108 cm³/mol. The van der Waals surface area contributed by atoms with Gasteiger partial charge in [0.25, 0.3) is 0 Å². The number of rotatable bonds is 4. The van der Waals surface area contributed by atoms with Crippen molar-refractivity contribution in [1.29, 1.82) is 0 Å². The van der Waals surface area contributed by atoms with E-state index >= 15 is 0 Å². The van der Waals surface area contributed by atoms with Crippen molar-refractivity contribution < 1.29 is 30.0 Å². The molecule has 0 amide bonds. The topological polar surface area (TPSA) is 167 Å². The van der Waals surface area contributed by atoms with Gasteiger partial charge in [-0.15, -0.1) is 24.8 Å². The Balaban J connectivity index is -0.000000350. The van der Waals surface area contributed by atoms with E-state index in [1.54, 1.807) is 0 Å². The lowest BCUT2D eigenvalue weighted by Crippen LogP contribution is -2.25. The number of halogens is 2. The summed E-state index contributed by atoms with van der Waals surface area (Å²) in [5.74, 6) is -0.326. The largest absolute Gasteiger partial charge is 0.481 e. The second kappa shape index (κ2) is 18.7. The molecule has 0 radical (unpaired) electrons. The molecule has 2 fully saturated rings. The second-order valence-electron chi connectivity index (χ2n) is 6.72. The average molecular weight is 435 g/mol. The molecule has 0 saturated heterocycles. The maximum Gasteiger partial charge on any atom is 0.306 e. The van der Waals surface area contributed by atoms with E-state index in [-0.39, 0.29) is 36.6 Å². The van der Waals surface area contributed by atoms with E-state index in [2.05, 4.69) is 0 Å². The summed E-state index contributed by atoms with van der Waals surface area (Å²) in [6, 6.07) is 0. The van der Waals surface area contributed by atoms with Crippen LogP contribution in [0.15, 0.2) is 0 Å². The number of hydrogen-bond acceptors (Lipinski definition) is 6. The molecular formula is C17H36Cl2N2O6. The van der Waals surface area contributed by atoms with E-state index in [0.717, 1.165) is 51.4 Å². The van der Waals surface area contributed by atoms with E-state index in [0.29, 0.717) is 24.9 Å². The smallest absolute Gasteiger partial charge is 0.306 e.